The van der Waals surface area contributed by atoms with Gasteiger partial charge in [-0.25, -0.2) is 9.59 Å². The second-order valence-corrected chi connectivity index (χ2v) is 5.40. The molecule has 0 spiro atoms. The largest absolute Gasteiger partial charge is 0.506 e. The van der Waals surface area contributed by atoms with Crippen LogP contribution in [-0.4, -0.2) is 30.3 Å². The average Bonchev–Trinajstić information content (AvgIpc) is 2.57. The summed E-state index contributed by atoms with van der Waals surface area (Å²) in [5.41, 5.74) is -0.440. The summed E-state index contributed by atoms with van der Waals surface area (Å²) in [6.45, 7) is 3.41. The first-order valence-corrected chi connectivity index (χ1v) is 8.06. The van der Waals surface area contributed by atoms with E-state index in [9.17, 15) is 14.7 Å². The predicted octanol–water partition coefficient (Wildman–Crippen LogP) is 3.47. The van der Waals surface area contributed by atoms with Gasteiger partial charge in [0, 0.05) is 15.7 Å². The van der Waals surface area contributed by atoms with Gasteiger partial charge in [0.15, 0.2) is 0 Å². The van der Waals surface area contributed by atoms with Crippen LogP contribution in [0.1, 0.15) is 34.6 Å². The van der Waals surface area contributed by atoms with E-state index in [1.807, 2.05) is 5.40 Å². The van der Waals surface area contributed by atoms with E-state index < -0.39 is 11.9 Å². The van der Waals surface area contributed by atoms with Gasteiger partial charge in [0.25, 0.3) is 0 Å². The van der Waals surface area contributed by atoms with E-state index in [0.717, 1.165) is 11.8 Å². The highest BCUT2D eigenvalue weighted by molar-refractivity contribution is 8.04. The number of benzene rings is 2. The molecule has 0 aromatic heterocycles. The van der Waals surface area contributed by atoms with Crippen LogP contribution >= 0.6 is 11.8 Å². The number of rotatable bonds is 5. The molecule has 0 unspecified atom stereocenters. The molecule has 0 radical (unpaired) electrons. The van der Waals surface area contributed by atoms with Crippen molar-refractivity contribution in [3.8, 4) is 11.2 Å². The van der Waals surface area contributed by atoms with Gasteiger partial charge in [-0.3, -0.25) is 0 Å². The first-order valence-electron chi connectivity index (χ1n) is 7.24. The zero-order valence-corrected chi connectivity index (χ0v) is 14.0. The average molecular weight is 345 g/mol. The van der Waals surface area contributed by atoms with Gasteiger partial charge < -0.3 is 14.6 Å². The van der Waals surface area contributed by atoms with Gasteiger partial charge in [0.1, 0.15) is 16.7 Å². The number of carbonyl (C=O) groups is 2. The van der Waals surface area contributed by atoms with Crippen molar-refractivity contribution in [2.24, 2.45) is 0 Å². The monoisotopic (exact) mass is 345 g/mol. The summed E-state index contributed by atoms with van der Waals surface area (Å²) < 4.78 is 9.97. The van der Waals surface area contributed by atoms with Crippen LogP contribution < -0.4 is 0 Å². The maximum atomic E-state index is 12.4. The molecule has 24 heavy (non-hydrogen) atoms. The van der Waals surface area contributed by atoms with Crippen LogP contribution in [0.5, 0.6) is 5.75 Å². The van der Waals surface area contributed by atoms with Gasteiger partial charge in [-0.2, -0.15) is 5.26 Å². The number of thioether (sulfide) groups is 1. The number of carbonyl (C=O) groups excluding carboxylic acids is 2. The molecule has 2 aromatic carbocycles. The van der Waals surface area contributed by atoms with Crippen LogP contribution in [0.25, 0.3) is 10.8 Å². The van der Waals surface area contributed by atoms with Crippen LogP contribution in [0, 0.1) is 10.7 Å². The summed E-state index contributed by atoms with van der Waals surface area (Å²) in [6, 6.07) is 6.65. The van der Waals surface area contributed by atoms with Gasteiger partial charge in [0.05, 0.1) is 18.8 Å². The number of phenols is 1. The Bertz CT molecular complexity index is 841. The molecule has 0 amide bonds. The van der Waals surface area contributed by atoms with Gasteiger partial charge in [0.2, 0.25) is 0 Å². The Morgan fingerprint density at radius 3 is 2.17 bits per heavy atom. The number of hydrogen-bond acceptors (Lipinski definition) is 7. The highest BCUT2D eigenvalue weighted by atomic mass is 32.2. The van der Waals surface area contributed by atoms with E-state index in [1.54, 1.807) is 38.1 Å². The third-order valence-corrected chi connectivity index (χ3v) is 3.97. The van der Waals surface area contributed by atoms with Crippen molar-refractivity contribution in [2.75, 3.05) is 13.2 Å². The van der Waals surface area contributed by atoms with Gasteiger partial charge in [-0.15, -0.1) is 0 Å². The second kappa shape index (κ2) is 7.70. The highest BCUT2D eigenvalue weighted by Gasteiger charge is 2.30. The van der Waals surface area contributed by atoms with Gasteiger partial charge in [-0.05, 0) is 25.6 Å². The number of thiocyanates is 1. The number of nitrogens with zero attached hydrogens (tertiary/aromatic N) is 1. The fraction of sp³-hybridized carbons (Fsp3) is 0.235. The summed E-state index contributed by atoms with van der Waals surface area (Å²) in [7, 11) is 0. The van der Waals surface area contributed by atoms with E-state index in [4.69, 9.17) is 14.7 Å². The minimum atomic E-state index is -0.844. The molecule has 6 nitrogen and oxygen atoms in total. The van der Waals surface area contributed by atoms with E-state index in [0.29, 0.717) is 10.8 Å². The Kier molecular flexibility index (Phi) is 5.66. The second-order valence-electron chi connectivity index (χ2n) is 4.61. The molecule has 2 aromatic rings. The van der Waals surface area contributed by atoms with Crippen molar-refractivity contribution in [1.82, 2.24) is 0 Å². The Labute approximate surface area is 143 Å². The molecule has 2 rings (SSSR count). The molecular formula is C17H15NO5S. The third-order valence-electron chi connectivity index (χ3n) is 3.25. The smallest absolute Gasteiger partial charge is 0.342 e. The van der Waals surface area contributed by atoms with E-state index in [1.165, 1.54) is 0 Å². The normalized spacial score (nSPS) is 10.2. The van der Waals surface area contributed by atoms with Crippen molar-refractivity contribution in [2.45, 2.75) is 18.7 Å². The van der Waals surface area contributed by atoms with Crippen LogP contribution in [-0.2, 0) is 9.47 Å². The number of nitriles is 1. The quantitative estimate of drug-likeness (QED) is 0.503. The first kappa shape index (κ1) is 17.6. The fourth-order valence-corrected chi connectivity index (χ4v) is 3.01. The SMILES string of the molecule is CCOC(=O)c1c(C(=O)OCC)c(SC#N)c2ccccc2c1O. The van der Waals surface area contributed by atoms with E-state index in [2.05, 4.69) is 0 Å². The van der Waals surface area contributed by atoms with Crippen molar-refractivity contribution >= 4 is 34.5 Å². The first-order chi connectivity index (χ1) is 11.6. The number of aromatic hydroxyl groups is 1. The Morgan fingerprint density at radius 1 is 1.08 bits per heavy atom. The molecule has 0 saturated carbocycles. The summed E-state index contributed by atoms with van der Waals surface area (Å²) in [6.07, 6.45) is 0. The van der Waals surface area contributed by atoms with Gasteiger partial charge in [-0.1, -0.05) is 24.3 Å². The predicted molar refractivity (Wildman–Crippen MR) is 89.0 cm³/mol. The molecule has 124 valence electrons. The van der Waals surface area contributed by atoms with Gasteiger partial charge >= 0.3 is 11.9 Å². The molecule has 1 N–H and O–H groups in total. The zero-order chi connectivity index (χ0) is 17.7. The van der Waals surface area contributed by atoms with Crippen molar-refractivity contribution < 1.29 is 24.2 Å². The summed E-state index contributed by atoms with van der Waals surface area (Å²) in [4.78, 5) is 25.0. The van der Waals surface area contributed by atoms with Crippen molar-refractivity contribution in [3.05, 3.63) is 35.4 Å². The molecule has 0 bridgehead atoms. The van der Waals surface area contributed by atoms with Crippen LogP contribution in [0.4, 0.5) is 0 Å². The molecule has 0 atom stereocenters. The summed E-state index contributed by atoms with van der Waals surface area (Å²) >= 11 is 0.730. The third kappa shape index (κ3) is 3.14. The number of esters is 2. The minimum absolute atomic E-state index is 0.0775. The maximum Gasteiger partial charge on any atom is 0.342 e. The lowest BCUT2D eigenvalue weighted by molar-refractivity contribution is 0.0473. The van der Waals surface area contributed by atoms with E-state index >= 15 is 0 Å². The molecule has 0 saturated heterocycles. The molecule has 0 fully saturated rings. The van der Waals surface area contributed by atoms with Crippen molar-refractivity contribution in [3.63, 3.8) is 0 Å². The Hall–Kier alpha value is -2.72. The van der Waals surface area contributed by atoms with Crippen LogP contribution in [0.3, 0.4) is 0 Å². The van der Waals surface area contributed by atoms with Crippen LogP contribution in [0.2, 0.25) is 0 Å². The molecule has 0 aliphatic heterocycles. The fourth-order valence-electron chi connectivity index (χ4n) is 2.34. The van der Waals surface area contributed by atoms with Crippen molar-refractivity contribution in [1.29, 1.82) is 5.26 Å². The minimum Gasteiger partial charge on any atom is -0.506 e. The molecular weight excluding hydrogens is 330 g/mol. The topological polar surface area (TPSA) is 96.6 Å². The maximum absolute atomic E-state index is 12.4. The van der Waals surface area contributed by atoms with E-state index in [-0.39, 0.29) is 35.0 Å². The summed E-state index contributed by atoms with van der Waals surface area (Å²) in [5, 5.41) is 22.4. The lowest BCUT2D eigenvalue weighted by Crippen LogP contribution is -2.16. The van der Waals surface area contributed by atoms with Crippen LogP contribution in [0.15, 0.2) is 29.2 Å². The Balaban J connectivity index is 2.92. The molecule has 0 heterocycles. The standard InChI is InChI=1S/C17H15NO5S/c1-3-22-16(20)12-13(17(21)23-4-2)15(24-9-18)11-8-6-5-7-10(11)14(12)19/h5-8,19H,3-4H2,1-2H3. The lowest BCUT2D eigenvalue weighted by Gasteiger charge is -2.16. The molecule has 0 aliphatic rings. The molecule has 0 aliphatic carbocycles. The number of hydrogen-bond donors (Lipinski definition) is 1. The number of phenolic OH excluding ortho intramolecular Hbond substituents is 1. The number of fused-ring (bicyclic) bond motifs is 1. The zero-order valence-electron chi connectivity index (χ0n) is 13.2. The summed E-state index contributed by atoms with van der Waals surface area (Å²) in [5.74, 6) is -2.00. The number of ether oxygens (including phenoxy) is 2. The Morgan fingerprint density at radius 2 is 1.62 bits per heavy atom. The molecule has 7 heteroatoms. The lowest BCUT2D eigenvalue weighted by atomic mass is 9.99. The highest BCUT2D eigenvalue weighted by Crippen LogP contribution is 2.41.